The molecule has 33 heavy (non-hydrogen) atoms. The van der Waals surface area contributed by atoms with Crippen LogP contribution in [0, 0.1) is 17.6 Å². The third-order valence-corrected chi connectivity index (χ3v) is 5.86. The number of pyridine rings is 1. The molecular formula is C21H20F5N3O4. The molecule has 0 radical (unpaired) electrons. The SMILES string of the molecule is COc1c([C@@H]2[C@@H](C(=O)Nc3cncc(C(N)=O)c3)O[C@](C)(C(F)(F)F)[C@H]2C)ccc(F)c1F. The van der Waals surface area contributed by atoms with Gasteiger partial charge in [0.1, 0.15) is 6.10 Å². The van der Waals surface area contributed by atoms with Crippen molar-refractivity contribution in [1.82, 2.24) is 4.98 Å². The van der Waals surface area contributed by atoms with Crippen LogP contribution in [-0.4, -0.2) is 41.8 Å². The van der Waals surface area contributed by atoms with Crippen molar-refractivity contribution in [2.24, 2.45) is 11.7 Å². The average Bonchev–Trinajstić information content (AvgIpc) is 3.02. The molecule has 178 valence electrons. The summed E-state index contributed by atoms with van der Waals surface area (Å²) in [6.45, 7) is 1.97. The molecular weight excluding hydrogens is 453 g/mol. The summed E-state index contributed by atoms with van der Waals surface area (Å²) >= 11 is 0. The minimum absolute atomic E-state index is 0.0239. The van der Waals surface area contributed by atoms with Crippen molar-refractivity contribution in [1.29, 1.82) is 0 Å². The van der Waals surface area contributed by atoms with Gasteiger partial charge in [0.15, 0.2) is 17.2 Å². The van der Waals surface area contributed by atoms with Crippen LogP contribution in [0.3, 0.4) is 0 Å². The third-order valence-electron chi connectivity index (χ3n) is 5.86. The lowest BCUT2D eigenvalue weighted by Gasteiger charge is -2.32. The summed E-state index contributed by atoms with van der Waals surface area (Å²) in [4.78, 5) is 28.1. The molecule has 1 aromatic heterocycles. The molecule has 4 atom stereocenters. The number of nitrogens with one attached hydrogen (secondary N) is 1. The Bertz CT molecular complexity index is 1090. The number of ether oxygens (including phenoxy) is 2. The lowest BCUT2D eigenvalue weighted by atomic mass is 9.77. The van der Waals surface area contributed by atoms with E-state index in [0.717, 1.165) is 38.6 Å². The summed E-state index contributed by atoms with van der Waals surface area (Å²) in [5, 5.41) is 2.34. The fourth-order valence-electron chi connectivity index (χ4n) is 3.90. The summed E-state index contributed by atoms with van der Waals surface area (Å²) in [6.07, 6.45) is -4.37. The summed E-state index contributed by atoms with van der Waals surface area (Å²) in [6, 6.07) is 2.97. The Hall–Kier alpha value is -3.28. The predicted octanol–water partition coefficient (Wildman–Crippen LogP) is 3.55. The van der Waals surface area contributed by atoms with Crippen LogP contribution in [0.4, 0.5) is 27.6 Å². The van der Waals surface area contributed by atoms with Crippen molar-refractivity contribution in [2.75, 3.05) is 12.4 Å². The van der Waals surface area contributed by atoms with Crippen LogP contribution in [0.15, 0.2) is 30.6 Å². The largest absolute Gasteiger partial charge is 0.493 e. The first-order valence-electron chi connectivity index (χ1n) is 9.64. The number of aromatic nitrogens is 1. The van der Waals surface area contributed by atoms with Crippen LogP contribution in [0.5, 0.6) is 5.75 Å². The molecule has 2 aromatic rings. The smallest absolute Gasteiger partial charge is 0.417 e. The summed E-state index contributed by atoms with van der Waals surface area (Å²) in [7, 11) is 1.03. The van der Waals surface area contributed by atoms with Crippen LogP contribution in [0.1, 0.15) is 35.7 Å². The number of nitrogens with two attached hydrogens (primary N) is 1. The number of anilines is 1. The van der Waals surface area contributed by atoms with Gasteiger partial charge >= 0.3 is 6.18 Å². The number of methoxy groups -OCH3 is 1. The molecule has 1 aromatic carbocycles. The maximum Gasteiger partial charge on any atom is 0.417 e. The fourth-order valence-corrected chi connectivity index (χ4v) is 3.90. The molecule has 0 bridgehead atoms. The van der Waals surface area contributed by atoms with Gasteiger partial charge in [0.2, 0.25) is 11.7 Å². The van der Waals surface area contributed by atoms with Crippen LogP contribution < -0.4 is 15.8 Å². The van der Waals surface area contributed by atoms with E-state index in [4.69, 9.17) is 15.2 Å². The van der Waals surface area contributed by atoms with Crippen molar-refractivity contribution in [3.05, 3.63) is 53.4 Å². The lowest BCUT2D eigenvalue weighted by Crippen LogP contribution is -2.47. The van der Waals surface area contributed by atoms with Gasteiger partial charge in [-0.25, -0.2) is 4.39 Å². The number of rotatable bonds is 5. The van der Waals surface area contributed by atoms with E-state index in [-0.39, 0.29) is 16.8 Å². The van der Waals surface area contributed by atoms with Crippen molar-refractivity contribution in [3.8, 4) is 5.75 Å². The monoisotopic (exact) mass is 473 g/mol. The first-order valence-corrected chi connectivity index (χ1v) is 9.64. The molecule has 2 heterocycles. The number of amides is 2. The van der Waals surface area contributed by atoms with Crippen molar-refractivity contribution >= 4 is 17.5 Å². The van der Waals surface area contributed by atoms with Gasteiger partial charge in [-0.05, 0) is 19.1 Å². The summed E-state index contributed by atoms with van der Waals surface area (Å²) in [5.74, 6) is -7.92. The zero-order valence-electron chi connectivity index (χ0n) is 17.7. The molecule has 1 saturated heterocycles. The zero-order valence-corrected chi connectivity index (χ0v) is 17.7. The highest BCUT2D eigenvalue weighted by molar-refractivity contribution is 5.97. The van der Waals surface area contributed by atoms with Crippen molar-refractivity contribution in [3.63, 3.8) is 0 Å². The Labute approximate surface area is 185 Å². The zero-order chi connectivity index (χ0) is 24.7. The molecule has 0 spiro atoms. The fraction of sp³-hybridized carbons (Fsp3) is 0.381. The Morgan fingerprint density at radius 2 is 1.91 bits per heavy atom. The normalized spacial score (nSPS) is 25.0. The number of hydrogen-bond donors (Lipinski definition) is 2. The van der Waals surface area contributed by atoms with Gasteiger partial charge in [-0.2, -0.15) is 17.6 Å². The molecule has 1 aliphatic rings. The number of carbonyl (C=O) groups is 2. The second kappa shape index (κ2) is 8.58. The quantitative estimate of drug-likeness (QED) is 0.647. The highest BCUT2D eigenvalue weighted by atomic mass is 19.4. The Morgan fingerprint density at radius 3 is 2.48 bits per heavy atom. The molecule has 0 aliphatic carbocycles. The summed E-state index contributed by atoms with van der Waals surface area (Å²) < 4.78 is 80.0. The number of hydrogen-bond acceptors (Lipinski definition) is 5. The highest BCUT2D eigenvalue weighted by Gasteiger charge is 2.65. The highest BCUT2D eigenvalue weighted by Crippen LogP contribution is 2.54. The average molecular weight is 473 g/mol. The first-order chi connectivity index (χ1) is 15.3. The minimum Gasteiger partial charge on any atom is -0.493 e. The van der Waals surface area contributed by atoms with E-state index in [9.17, 15) is 31.5 Å². The number of alkyl halides is 3. The van der Waals surface area contributed by atoms with Gasteiger partial charge in [0.05, 0.1) is 24.6 Å². The lowest BCUT2D eigenvalue weighted by molar-refractivity contribution is -0.272. The van der Waals surface area contributed by atoms with Gasteiger partial charge in [-0.3, -0.25) is 14.6 Å². The van der Waals surface area contributed by atoms with E-state index in [2.05, 4.69) is 10.3 Å². The second-order valence-electron chi connectivity index (χ2n) is 7.76. The number of halogens is 5. The van der Waals surface area contributed by atoms with E-state index in [1.165, 1.54) is 13.0 Å². The molecule has 0 saturated carbocycles. The van der Waals surface area contributed by atoms with E-state index in [1.54, 1.807) is 0 Å². The van der Waals surface area contributed by atoms with Gasteiger partial charge < -0.3 is 20.5 Å². The molecule has 3 N–H and O–H groups in total. The van der Waals surface area contributed by atoms with Crippen LogP contribution in [0.2, 0.25) is 0 Å². The molecule has 12 heteroatoms. The van der Waals surface area contributed by atoms with Crippen molar-refractivity contribution in [2.45, 2.75) is 37.6 Å². The van der Waals surface area contributed by atoms with Crippen LogP contribution >= 0.6 is 0 Å². The Balaban J connectivity index is 2.07. The molecule has 1 aliphatic heterocycles. The van der Waals surface area contributed by atoms with Gasteiger partial charge in [-0.15, -0.1) is 0 Å². The van der Waals surface area contributed by atoms with E-state index < -0.39 is 58.9 Å². The topological polar surface area (TPSA) is 104 Å². The molecule has 1 fully saturated rings. The number of benzene rings is 1. The minimum atomic E-state index is -4.89. The van der Waals surface area contributed by atoms with Gasteiger partial charge in [0, 0.05) is 23.6 Å². The third kappa shape index (κ3) is 4.22. The van der Waals surface area contributed by atoms with E-state index in [1.807, 2.05) is 0 Å². The summed E-state index contributed by atoms with van der Waals surface area (Å²) in [5.41, 5.74) is 2.15. The number of primary amides is 1. The Morgan fingerprint density at radius 1 is 1.24 bits per heavy atom. The maximum atomic E-state index is 14.3. The van der Waals surface area contributed by atoms with Gasteiger partial charge in [-0.1, -0.05) is 13.0 Å². The standard InChI is InChI=1S/C21H20F5N3O4/c1-9-14(12-4-5-13(22)15(23)16(12)32-3)17(33-20(9,2)21(24,25)26)19(31)29-11-6-10(18(27)30)7-28-8-11/h4-9,14,17H,1-3H3,(H2,27,30)(H,29,31)/t9-,14+,17-,20-/m0/s1. The number of nitrogens with zero attached hydrogens (tertiary/aromatic N) is 1. The van der Waals surface area contributed by atoms with Gasteiger partial charge in [0.25, 0.3) is 5.91 Å². The Kier molecular flexibility index (Phi) is 6.33. The maximum absolute atomic E-state index is 14.3. The molecule has 2 amide bonds. The number of carbonyl (C=O) groups excluding carboxylic acids is 2. The first kappa shape index (κ1) is 24.4. The molecule has 0 unspecified atom stereocenters. The van der Waals surface area contributed by atoms with Crippen molar-refractivity contribution < 1.29 is 41.0 Å². The molecule has 3 rings (SSSR count). The molecule has 7 nitrogen and oxygen atoms in total. The van der Waals surface area contributed by atoms with E-state index in [0.29, 0.717) is 0 Å². The second-order valence-corrected chi connectivity index (χ2v) is 7.76. The van der Waals surface area contributed by atoms with Crippen LogP contribution in [0.25, 0.3) is 0 Å². The van der Waals surface area contributed by atoms with E-state index >= 15 is 0 Å². The van der Waals surface area contributed by atoms with Crippen LogP contribution in [-0.2, 0) is 9.53 Å². The predicted molar refractivity (Wildman–Crippen MR) is 106 cm³/mol.